The van der Waals surface area contributed by atoms with Crippen LogP contribution in [0.15, 0.2) is 0 Å². The molecule has 17 heavy (non-hydrogen) atoms. The number of hydrogen-bond acceptors (Lipinski definition) is 2. The zero-order chi connectivity index (χ0) is 12.4. The smallest absolute Gasteiger partial charge is 0.0122 e. The molecule has 1 heterocycles. The first-order chi connectivity index (χ1) is 8.08. The standard InChI is InChI=1S/C15H30N2/c1-11-10-17(4)12(2)9-15(11)16-13(3)14-7-5-6-8-14/h11-16H,5-10H2,1-4H3/t11?,12?,13-,15?/m1/s1. The fraction of sp³-hybridized carbons (Fsp3) is 1.00. The summed E-state index contributed by atoms with van der Waals surface area (Å²) < 4.78 is 0. The largest absolute Gasteiger partial charge is 0.311 e. The molecule has 0 aromatic heterocycles. The molecule has 100 valence electrons. The molecule has 2 fully saturated rings. The van der Waals surface area contributed by atoms with E-state index in [4.69, 9.17) is 0 Å². The van der Waals surface area contributed by atoms with E-state index in [-0.39, 0.29) is 0 Å². The highest BCUT2D eigenvalue weighted by Crippen LogP contribution is 2.29. The molecular weight excluding hydrogens is 208 g/mol. The van der Waals surface area contributed by atoms with Crippen molar-refractivity contribution in [1.82, 2.24) is 10.2 Å². The van der Waals surface area contributed by atoms with Gasteiger partial charge in [0.25, 0.3) is 0 Å². The van der Waals surface area contributed by atoms with Crippen molar-refractivity contribution < 1.29 is 0 Å². The minimum atomic E-state index is 0.723. The molecule has 0 spiro atoms. The van der Waals surface area contributed by atoms with Crippen LogP contribution in [0.2, 0.25) is 0 Å². The molecule has 0 amide bonds. The van der Waals surface area contributed by atoms with Crippen LogP contribution in [0, 0.1) is 11.8 Å². The van der Waals surface area contributed by atoms with E-state index in [1.54, 1.807) is 0 Å². The molecular formula is C15H30N2. The Balaban J connectivity index is 1.84. The summed E-state index contributed by atoms with van der Waals surface area (Å²) in [6, 6.07) is 2.19. The summed E-state index contributed by atoms with van der Waals surface area (Å²) in [4.78, 5) is 2.50. The highest BCUT2D eigenvalue weighted by Gasteiger charge is 2.31. The van der Waals surface area contributed by atoms with Gasteiger partial charge in [-0.3, -0.25) is 0 Å². The van der Waals surface area contributed by atoms with Crippen molar-refractivity contribution in [3.8, 4) is 0 Å². The van der Waals surface area contributed by atoms with Crippen molar-refractivity contribution >= 4 is 0 Å². The maximum absolute atomic E-state index is 3.93. The van der Waals surface area contributed by atoms with Crippen molar-refractivity contribution in [2.24, 2.45) is 11.8 Å². The van der Waals surface area contributed by atoms with E-state index in [9.17, 15) is 0 Å². The van der Waals surface area contributed by atoms with Crippen molar-refractivity contribution in [2.45, 2.75) is 71.0 Å². The Labute approximate surface area is 107 Å². The van der Waals surface area contributed by atoms with E-state index in [0.29, 0.717) is 0 Å². The molecule has 1 N–H and O–H groups in total. The second kappa shape index (κ2) is 5.71. The number of rotatable bonds is 3. The van der Waals surface area contributed by atoms with Crippen molar-refractivity contribution in [2.75, 3.05) is 13.6 Å². The quantitative estimate of drug-likeness (QED) is 0.813. The van der Waals surface area contributed by atoms with Gasteiger partial charge in [0.2, 0.25) is 0 Å². The minimum absolute atomic E-state index is 0.723. The summed E-state index contributed by atoms with van der Waals surface area (Å²) in [6.45, 7) is 8.42. The van der Waals surface area contributed by atoms with Gasteiger partial charge >= 0.3 is 0 Å². The predicted octanol–water partition coefficient (Wildman–Crippen LogP) is 2.88. The third kappa shape index (κ3) is 3.23. The molecule has 0 radical (unpaired) electrons. The second-order valence-corrected chi connectivity index (χ2v) is 6.61. The van der Waals surface area contributed by atoms with E-state index in [2.05, 4.69) is 38.0 Å². The van der Waals surface area contributed by atoms with Crippen LogP contribution in [0.3, 0.4) is 0 Å². The van der Waals surface area contributed by atoms with Gasteiger partial charge in [0.1, 0.15) is 0 Å². The van der Waals surface area contributed by atoms with E-state index in [1.807, 2.05) is 0 Å². The van der Waals surface area contributed by atoms with Gasteiger partial charge in [-0.25, -0.2) is 0 Å². The third-order valence-corrected chi connectivity index (χ3v) is 5.19. The van der Waals surface area contributed by atoms with Gasteiger partial charge in [-0.2, -0.15) is 0 Å². The van der Waals surface area contributed by atoms with Gasteiger partial charge < -0.3 is 10.2 Å². The molecule has 0 bridgehead atoms. The Morgan fingerprint density at radius 2 is 1.82 bits per heavy atom. The predicted molar refractivity (Wildman–Crippen MR) is 74.2 cm³/mol. The lowest BCUT2D eigenvalue weighted by molar-refractivity contribution is 0.111. The fourth-order valence-corrected chi connectivity index (χ4v) is 3.70. The summed E-state index contributed by atoms with van der Waals surface area (Å²) in [6.07, 6.45) is 7.12. The van der Waals surface area contributed by atoms with Gasteiger partial charge in [-0.05, 0) is 52.0 Å². The summed E-state index contributed by atoms with van der Waals surface area (Å²) in [7, 11) is 2.26. The minimum Gasteiger partial charge on any atom is -0.311 e. The highest BCUT2D eigenvalue weighted by molar-refractivity contribution is 4.89. The molecule has 4 atom stereocenters. The van der Waals surface area contributed by atoms with Crippen molar-refractivity contribution in [3.05, 3.63) is 0 Å². The Kier molecular flexibility index (Phi) is 4.48. The SMILES string of the molecule is CC1CN(C)C(C)CC1N[C@H](C)C1CCCC1. The Morgan fingerprint density at radius 1 is 1.18 bits per heavy atom. The Morgan fingerprint density at radius 3 is 2.47 bits per heavy atom. The monoisotopic (exact) mass is 238 g/mol. The van der Waals surface area contributed by atoms with Crippen LogP contribution in [0.25, 0.3) is 0 Å². The van der Waals surface area contributed by atoms with Gasteiger partial charge in [0.15, 0.2) is 0 Å². The van der Waals surface area contributed by atoms with Crippen LogP contribution in [0.5, 0.6) is 0 Å². The molecule has 2 heteroatoms. The topological polar surface area (TPSA) is 15.3 Å². The number of nitrogens with zero attached hydrogens (tertiary/aromatic N) is 1. The van der Waals surface area contributed by atoms with Crippen LogP contribution < -0.4 is 5.32 Å². The molecule has 2 rings (SSSR count). The van der Waals surface area contributed by atoms with Crippen LogP contribution >= 0.6 is 0 Å². The van der Waals surface area contributed by atoms with E-state index in [0.717, 1.165) is 30.0 Å². The molecule has 1 saturated carbocycles. The van der Waals surface area contributed by atoms with Gasteiger partial charge in [0, 0.05) is 24.7 Å². The average Bonchev–Trinajstić information content (AvgIpc) is 2.79. The zero-order valence-electron chi connectivity index (χ0n) is 12.1. The number of likely N-dealkylation sites (tertiary alicyclic amines) is 1. The van der Waals surface area contributed by atoms with E-state index in [1.165, 1.54) is 38.6 Å². The zero-order valence-corrected chi connectivity index (χ0v) is 12.1. The summed E-state index contributed by atoms with van der Waals surface area (Å²) in [5, 5.41) is 3.93. The first-order valence-corrected chi connectivity index (χ1v) is 7.54. The fourth-order valence-electron chi connectivity index (χ4n) is 3.70. The summed E-state index contributed by atoms with van der Waals surface area (Å²) in [5.41, 5.74) is 0. The summed E-state index contributed by atoms with van der Waals surface area (Å²) in [5.74, 6) is 1.73. The molecule has 1 saturated heterocycles. The number of piperidine rings is 1. The first-order valence-electron chi connectivity index (χ1n) is 7.54. The maximum atomic E-state index is 3.93. The highest BCUT2D eigenvalue weighted by atomic mass is 15.2. The second-order valence-electron chi connectivity index (χ2n) is 6.61. The molecule has 1 aliphatic carbocycles. The lowest BCUT2D eigenvalue weighted by Crippen LogP contribution is -2.53. The van der Waals surface area contributed by atoms with E-state index < -0.39 is 0 Å². The van der Waals surface area contributed by atoms with Gasteiger partial charge in [-0.1, -0.05) is 19.8 Å². The molecule has 1 aliphatic heterocycles. The third-order valence-electron chi connectivity index (χ3n) is 5.19. The molecule has 0 aromatic carbocycles. The van der Waals surface area contributed by atoms with Crippen LogP contribution in [-0.2, 0) is 0 Å². The van der Waals surface area contributed by atoms with Crippen molar-refractivity contribution in [3.63, 3.8) is 0 Å². The van der Waals surface area contributed by atoms with Crippen molar-refractivity contribution in [1.29, 1.82) is 0 Å². The lowest BCUT2D eigenvalue weighted by Gasteiger charge is -2.42. The molecule has 0 aromatic rings. The number of nitrogens with one attached hydrogen (secondary N) is 1. The average molecular weight is 238 g/mol. The Hall–Kier alpha value is -0.0800. The normalized spacial score (nSPS) is 38.5. The van der Waals surface area contributed by atoms with Gasteiger partial charge in [-0.15, -0.1) is 0 Å². The molecule has 3 unspecified atom stereocenters. The molecule has 2 nitrogen and oxygen atoms in total. The maximum Gasteiger partial charge on any atom is 0.0122 e. The van der Waals surface area contributed by atoms with Crippen LogP contribution in [0.4, 0.5) is 0 Å². The number of hydrogen-bond donors (Lipinski definition) is 1. The van der Waals surface area contributed by atoms with Crippen LogP contribution in [-0.4, -0.2) is 36.6 Å². The first kappa shape index (κ1) is 13.4. The van der Waals surface area contributed by atoms with Gasteiger partial charge in [0.05, 0.1) is 0 Å². The summed E-state index contributed by atoms with van der Waals surface area (Å²) >= 11 is 0. The van der Waals surface area contributed by atoms with E-state index >= 15 is 0 Å². The Bertz CT molecular complexity index is 235. The molecule has 2 aliphatic rings. The van der Waals surface area contributed by atoms with Crippen LogP contribution in [0.1, 0.15) is 52.9 Å². The lowest BCUT2D eigenvalue weighted by atomic mass is 9.88.